The molecule has 0 fully saturated rings. The predicted molar refractivity (Wildman–Crippen MR) is 93.7 cm³/mol. The Hall–Kier alpha value is -2.31. The van der Waals surface area contributed by atoms with E-state index in [0.717, 1.165) is 10.7 Å². The van der Waals surface area contributed by atoms with Gasteiger partial charge in [-0.05, 0) is 37.3 Å². The lowest BCUT2D eigenvalue weighted by atomic mass is 10.2. The van der Waals surface area contributed by atoms with E-state index in [0.29, 0.717) is 27.9 Å². The molecule has 1 amide bonds. The molecule has 0 spiro atoms. The Bertz CT molecular complexity index is 872. The number of aryl methyl sites for hydroxylation is 1. The van der Waals surface area contributed by atoms with E-state index in [1.165, 1.54) is 7.11 Å². The third-order valence-electron chi connectivity index (χ3n) is 3.36. The standard InChI is InChI=1S/C17H15ClN2O3S/c1-10-20-14(9-24-10)16-6-4-12(23-16)8-19-17(21)13-7-11(18)3-5-15(13)22-2/h3-7,9H,8H2,1-2H3,(H,19,21). The molecule has 0 saturated carbocycles. The van der Waals surface area contributed by atoms with Gasteiger partial charge in [-0.15, -0.1) is 11.3 Å². The van der Waals surface area contributed by atoms with E-state index < -0.39 is 0 Å². The average molecular weight is 363 g/mol. The van der Waals surface area contributed by atoms with Crippen LogP contribution in [0, 0.1) is 6.92 Å². The summed E-state index contributed by atoms with van der Waals surface area (Å²) < 4.78 is 10.9. The van der Waals surface area contributed by atoms with Crippen molar-refractivity contribution in [3.8, 4) is 17.2 Å². The minimum absolute atomic E-state index is 0.262. The smallest absolute Gasteiger partial charge is 0.255 e. The molecule has 0 saturated heterocycles. The molecule has 0 unspecified atom stereocenters. The number of methoxy groups -OCH3 is 1. The van der Waals surface area contributed by atoms with Crippen LogP contribution < -0.4 is 10.1 Å². The minimum Gasteiger partial charge on any atom is -0.496 e. The van der Waals surface area contributed by atoms with E-state index in [-0.39, 0.29) is 12.5 Å². The summed E-state index contributed by atoms with van der Waals surface area (Å²) in [4.78, 5) is 16.7. The number of rotatable bonds is 5. The second-order valence-corrected chi connectivity index (χ2v) is 6.54. The second-order valence-electron chi connectivity index (χ2n) is 5.05. The van der Waals surface area contributed by atoms with E-state index in [4.69, 9.17) is 20.8 Å². The second kappa shape index (κ2) is 7.07. The number of aromatic nitrogens is 1. The van der Waals surface area contributed by atoms with Crippen molar-refractivity contribution in [1.82, 2.24) is 10.3 Å². The number of halogens is 1. The molecule has 24 heavy (non-hydrogen) atoms. The Morgan fingerprint density at radius 2 is 2.21 bits per heavy atom. The molecular weight excluding hydrogens is 348 g/mol. The topological polar surface area (TPSA) is 64.4 Å². The third kappa shape index (κ3) is 3.60. The number of carbonyl (C=O) groups excluding carboxylic acids is 1. The number of thiazole rings is 1. The molecule has 5 nitrogen and oxygen atoms in total. The summed E-state index contributed by atoms with van der Waals surface area (Å²) in [6.45, 7) is 2.20. The normalized spacial score (nSPS) is 10.6. The van der Waals surface area contributed by atoms with Crippen LogP contribution in [0.5, 0.6) is 5.75 Å². The van der Waals surface area contributed by atoms with Gasteiger partial charge in [-0.1, -0.05) is 11.6 Å². The zero-order valence-corrected chi connectivity index (χ0v) is 14.7. The van der Waals surface area contributed by atoms with Crippen LogP contribution in [0.3, 0.4) is 0 Å². The highest BCUT2D eigenvalue weighted by Crippen LogP contribution is 2.25. The zero-order chi connectivity index (χ0) is 17.1. The van der Waals surface area contributed by atoms with Gasteiger partial charge in [0, 0.05) is 10.4 Å². The van der Waals surface area contributed by atoms with Gasteiger partial charge in [0.15, 0.2) is 5.76 Å². The lowest BCUT2D eigenvalue weighted by Gasteiger charge is -2.09. The number of ether oxygens (including phenoxy) is 1. The van der Waals surface area contributed by atoms with Gasteiger partial charge in [-0.2, -0.15) is 0 Å². The molecule has 3 rings (SSSR count). The van der Waals surface area contributed by atoms with Crippen LogP contribution in [0.1, 0.15) is 21.1 Å². The van der Waals surface area contributed by atoms with E-state index in [2.05, 4.69) is 10.3 Å². The van der Waals surface area contributed by atoms with Crippen LogP contribution in [-0.2, 0) is 6.54 Å². The fourth-order valence-corrected chi connectivity index (χ4v) is 2.98. The van der Waals surface area contributed by atoms with Gasteiger partial charge in [0.05, 0.1) is 24.2 Å². The van der Waals surface area contributed by atoms with Crippen molar-refractivity contribution in [3.05, 3.63) is 57.1 Å². The van der Waals surface area contributed by atoms with Crippen LogP contribution in [-0.4, -0.2) is 18.0 Å². The zero-order valence-electron chi connectivity index (χ0n) is 13.1. The Morgan fingerprint density at radius 1 is 1.38 bits per heavy atom. The average Bonchev–Trinajstić information content (AvgIpc) is 3.21. The molecule has 0 aliphatic carbocycles. The van der Waals surface area contributed by atoms with Crippen molar-refractivity contribution in [1.29, 1.82) is 0 Å². The van der Waals surface area contributed by atoms with Gasteiger partial charge in [-0.3, -0.25) is 4.79 Å². The van der Waals surface area contributed by atoms with Crippen LogP contribution >= 0.6 is 22.9 Å². The third-order valence-corrected chi connectivity index (χ3v) is 4.37. The highest BCUT2D eigenvalue weighted by atomic mass is 35.5. The molecule has 0 aliphatic rings. The summed E-state index contributed by atoms with van der Waals surface area (Å²) in [6.07, 6.45) is 0. The number of hydrogen-bond acceptors (Lipinski definition) is 5. The number of furan rings is 1. The van der Waals surface area contributed by atoms with Crippen LogP contribution in [0.15, 0.2) is 40.1 Å². The quantitative estimate of drug-likeness (QED) is 0.734. The van der Waals surface area contributed by atoms with Crippen molar-refractivity contribution < 1.29 is 13.9 Å². The van der Waals surface area contributed by atoms with Crippen molar-refractivity contribution in [2.75, 3.05) is 7.11 Å². The predicted octanol–water partition coefficient (Wildman–Crippen LogP) is 4.30. The fraction of sp³-hybridized carbons (Fsp3) is 0.176. The summed E-state index contributed by atoms with van der Waals surface area (Å²) in [5, 5.41) is 6.18. The molecule has 2 heterocycles. The first-order chi connectivity index (χ1) is 11.6. The van der Waals surface area contributed by atoms with Crippen LogP contribution in [0.2, 0.25) is 5.02 Å². The molecule has 0 aliphatic heterocycles. The van der Waals surface area contributed by atoms with Crippen molar-refractivity contribution in [2.45, 2.75) is 13.5 Å². The maximum Gasteiger partial charge on any atom is 0.255 e. The van der Waals surface area contributed by atoms with Gasteiger partial charge < -0.3 is 14.5 Å². The molecule has 7 heteroatoms. The molecule has 0 radical (unpaired) electrons. The van der Waals surface area contributed by atoms with Gasteiger partial charge in [0.2, 0.25) is 0 Å². The lowest BCUT2D eigenvalue weighted by Crippen LogP contribution is -2.23. The molecule has 1 aromatic carbocycles. The van der Waals surface area contributed by atoms with E-state index in [1.54, 1.807) is 29.5 Å². The van der Waals surface area contributed by atoms with Crippen LogP contribution in [0.4, 0.5) is 0 Å². The number of carbonyl (C=O) groups is 1. The molecule has 124 valence electrons. The summed E-state index contributed by atoms with van der Waals surface area (Å²) in [5.74, 6) is 1.51. The monoisotopic (exact) mass is 362 g/mol. The summed E-state index contributed by atoms with van der Waals surface area (Å²) >= 11 is 7.51. The summed E-state index contributed by atoms with van der Waals surface area (Å²) in [6, 6.07) is 8.56. The molecule has 0 atom stereocenters. The Kier molecular flexibility index (Phi) is 4.87. The van der Waals surface area contributed by atoms with Gasteiger partial charge in [0.1, 0.15) is 17.2 Å². The first-order valence-corrected chi connectivity index (χ1v) is 8.45. The molecule has 2 aromatic heterocycles. The first kappa shape index (κ1) is 16.5. The Labute approximate surface area is 148 Å². The molecular formula is C17H15ClN2O3S. The first-order valence-electron chi connectivity index (χ1n) is 7.20. The highest BCUT2D eigenvalue weighted by molar-refractivity contribution is 7.09. The van der Waals surface area contributed by atoms with Crippen molar-refractivity contribution >= 4 is 28.8 Å². The number of amides is 1. The summed E-state index contributed by atoms with van der Waals surface area (Å²) in [7, 11) is 1.51. The number of hydrogen-bond donors (Lipinski definition) is 1. The van der Waals surface area contributed by atoms with Gasteiger partial charge >= 0.3 is 0 Å². The molecule has 1 N–H and O–H groups in total. The maximum atomic E-state index is 12.3. The van der Waals surface area contributed by atoms with Gasteiger partial charge in [-0.25, -0.2) is 4.98 Å². The fourth-order valence-electron chi connectivity index (χ4n) is 2.21. The Morgan fingerprint density at radius 3 is 2.92 bits per heavy atom. The maximum absolute atomic E-state index is 12.3. The van der Waals surface area contributed by atoms with Crippen molar-refractivity contribution in [3.63, 3.8) is 0 Å². The molecule has 3 aromatic rings. The summed E-state index contributed by atoms with van der Waals surface area (Å²) in [5.41, 5.74) is 1.18. The lowest BCUT2D eigenvalue weighted by molar-refractivity contribution is 0.0945. The largest absolute Gasteiger partial charge is 0.496 e. The number of nitrogens with zero attached hydrogens (tertiary/aromatic N) is 1. The van der Waals surface area contributed by atoms with E-state index >= 15 is 0 Å². The van der Waals surface area contributed by atoms with Crippen molar-refractivity contribution in [2.24, 2.45) is 0 Å². The SMILES string of the molecule is COc1ccc(Cl)cc1C(=O)NCc1ccc(-c2csc(C)n2)o1. The molecule has 0 bridgehead atoms. The Balaban J connectivity index is 1.69. The number of nitrogens with one attached hydrogen (secondary N) is 1. The van der Waals surface area contributed by atoms with Gasteiger partial charge in [0.25, 0.3) is 5.91 Å². The van der Waals surface area contributed by atoms with E-state index in [9.17, 15) is 4.79 Å². The highest BCUT2D eigenvalue weighted by Gasteiger charge is 2.14. The minimum atomic E-state index is -0.281. The van der Waals surface area contributed by atoms with E-state index in [1.807, 2.05) is 24.4 Å². The number of benzene rings is 1. The van der Waals surface area contributed by atoms with Crippen LogP contribution in [0.25, 0.3) is 11.5 Å².